The molecule has 0 aliphatic heterocycles. The van der Waals surface area contributed by atoms with Crippen LogP contribution in [0.3, 0.4) is 0 Å². The normalized spacial score (nSPS) is 17.6. The summed E-state index contributed by atoms with van der Waals surface area (Å²) in [5, 5.41) is 2.73. The van der Waals surface area contributed by atoms with Crippen LogP contribution in [0.4, 0.5) is 5.69 Å². The maximum Gasteiger partial charge on any atom is 0.250 e. The van der Waals surface area contributed by atoms with Gasteiger partial charge >= 0.3 is 0 Å². The number of pyridine rings is 1. The van der Waals surface area contributed by atoms with E-state index >= 15 is 0 Å². The summed E-state index contributed by atoms with van der Waals surface area (Å²) in [4.78, 5) is 22.9. The smallest absolute Gasteiger partial charge is 0.250 e. The second-order valence-electron chi connectivity index (χ2n) is 4.33. The fraction of sp³-hybridized carbons (Fsp3) is 0.455. The topological polar surface area (TPSA) is 77.1 Å². The molecule has 3 N–H and O–H groups in total. The minimum Gasteiger partial charge on any atom is -0.323 e. The van der Waals surface area contributed by atoms with Crippen LogP contribution < -0.4 is 16.6 Å². The summed E-state index contributed by atoms with van der Waals surface area (Å²) in [6.45, 7) is 0. The lowest BCUT2D eigenvalue weighted by Crippen LogP contribution is -2.56. The second-order valence-corrected chi connectivity index (χ2v) is 4.33. The number of nitrogens with one attached hydrogen (secondary N) is 1. The molecular formula is C11H15N3O2. The molecule has 5 heteroatoms. The van der Waals surface area contributed by atoms with Crippen molar-refractivity contribution < 1.29 is 4.79 Å². The average molecular weight is 221 g/mol. The lowest BCUT2D eigenvalue weighted by atomic mass is 9.77. The Morgan fingerprint density at radius 3 is 2.69 bits per heavy atom. The molecule has 86 valence electrons. The van der Waals surface area contributed by atoms with E-state index in [1.54, 1.807) is 19.3 Å². The highest BCUT2D eigenvalue weighted by molar-refractivity contribution is 5.98. The van der Waals surface area contributed by atoms with E-state index in [0.717, 1.165) is 19.3 Å². The number of hydrogen-bond acceptors (Lipinski definition) is 3. The summed E-state index contributed by atoms with van der Waals surface area (Å²) in [5.74, 6) is -0.169. The van der Waals surface area contributed by atoms with E-state index in [1.807, 2.05) is 0 Å². The van der Waals surface area contributed by atoms with E-state index in [4.69, 9.17) is 5.73 Å². The molecule has 1 heterocycles. The number of hydrogen-bond donors (Lipinski definition) is 2. The van der Waals surface area contributed by atoms with Gasteiger partial charge in [-0.1, -0.05) is 0 Å². The van der Waals surface area contributed by atoms with Gasteiger partial charge in [0, 0.05) is 19.3 Å². The Morgan fingerprint density at radius 2 is 2.19 bits per heavy atom. The van der Waals surface area contributed by atoms with E-state index in [-0.39, 0.29) is 11.5 Å². The lowest BCUT2D eigenvalue weighted by Gasteiger charge is -2.36. The summed E-state index contributed by atoms with van der Waals surface area (Å²) < 4.78 is 1.42. The second kappa shape index (κ2) is 3.75. The Balaban J connectivity index is 2.12. The van der Waals surface area contributed by atoms with E-state index in [0.29, 0.717) is 5.69 Å². The van der Waals surface area contributed by atoms with Gasteiger partial charge in [0.2, 0.25) is 11.5 Å². The maximum atomic E-state index is 11.8. The van der Waals surface area contributed by atoms with Gasteiger partial charge in [0.1, 0.15) is 0 Å². The van der Waals surface area contributed by atoms with Crippen molar-refractivity contribution in [3.8, 4) is 0 Å². The van der Waals surface area contributed by atoms with Crippen molar-refractivity contribution in [2.24, 2.45) is 12.8 Å². The summed E-state index contributed by atoms with van der Waals surface area (Å²) >= 11 is 0. The third-order valence-corrected chi connectivity index (χ3v) is 3.04. The molecule has 1 fully saturated rings. The molecule has 1 aliphatic carbocycles. The van der Waals surface area contributed by atoms with Crippen LogP contribution in [0, 0.1) is 0 Å². The molecular weight excluding hydrogens is 206 g/mol. The first-order chi connectivity index (χ1) is 7.51. The quantitative estimate of drug-likeness (QED) is 0.749. The molecule has 2 rings (SSSR count). The highest BCUT2D eigenvalue weighted by Crippen LogP contribution is 2.30. The van der Waals surface area contributed by atoms with Crippen molar-refractivity contribution >= 4 is 11.6 Å². The standard InChI is InChI=1S/C11H15N3O2/c1-14-7-8(3-4-9(14)15)13-10(16)11(12)5-2-6-11/h3-4,7H,2,5-6,12H2,1H3,(H,13,16). The number of carbonyl (C=O) groups excluding carboxylic acids is 1. The van der Waals surface area contributed by atoms with Gasteiger partial charge in [0.15, 0.2) is 0 Å². The Hall–Kier alpha value is -1.62. The lowest BCUT2D eigenvalue weighted by molar-refractivity contribution is -0.123. The van der Waals surface area contributed by atoms with Crippen LogP contribution in [-0.2, 0) is 11.8 Å². The van der Waals surface area contributed by atoms with Crippen LogP contribution in [-0.4, -0.2) is 16.0 Å². The molecule has 1 aliphatic rings. The molecule has 0 unspecified atom stereocenters. The largest absolute Gasteiger partial charge is 0.323 e. The van der Waals surface area contributed by atoms with E-state index in [2.05, 4.69) is 5.32 Å². The van der Waals surface area contributed by atoms with Crippen molar-refractivity contribution in [3.05, 3.63) is 28.7 Å². The number of rotatable bonds is 2. The zero-order valence-electron chi connectivity index (χ0n) is 9.19. The third-order valence-electron chi connectivity index (χ3n) is 3.04. The Kier molecular flexibility index (Phi) is 2.55. The van der Waals surface area contributed by atoms with E-state index < -0.39 is 5.54 Å². The highest BCUT2D eigenvalue weighted by Gasteiger charge is 2.40. The van der Waals surface area contributed by atoms with Gasteiger partial charge in [-0.25, -0.2) is 0 Å². The van der Waals surface area contributed by atoms with Crippen molar-refractivity contribution in [1.29, 1.82) is 0 Å². The Morgan fingerprint density at radius 1 is 1.50 bits per heavy atom. The number of aromatic nitrogens is 1. The number of anilines is 1. The maximum absolute atomic E-state index is 11.8. The number of amides is 1. The van der Waals surface area contributed by atoms with Crippen LogP contribution in [0.25, 0.3) is 0 Å². The van der Waals surface area contributed by atoms with Gasteiger partial charge in [-0.3, -0.25) is 9.59 Å². The first kappa shape index (κ1) is 10.9. The minimum absolute atomic E-state index is 0.107. The van der Waals surface area contributed by atoms with Gasteiger partial charge in [-0.2, -0.15) is 0 Å². The fourth-order valence-corrected chi connectivity index (χ4v) is 1.71. The predicted octanol–water partition coefficient (Wildman–Crippen LogP) is 0.205. The number of aryl methyl sites for hydroxylation is 1. The average Bonchev–Trinajstić information content (AvgIpc) is 2.20. The number of carbonyl (C=O) groups is 1. The number of nitrogens with two attached hydrogens (primary N) is 1. The van der Waals surface area contributed by atoms with Crippen LogP contribution in [0.5, 0.6) is 0 Å². The van der Waals surface area contributed by atoms with Crippen molar-refractivity contribution in [3.63, 3.8) is 0 Å². The van der Waals surface area contributed by atoms with Crippen LogP contribution in [0.1, 0.15) is 19.3 Å². The van der Waals surface area contributed by atoms with Gasteiger partial charge < -0.3 is 15.6 Å². The van der Waals surface area contributed by atoms with Crippen molar-refractivity contribution in [2.45, 2.75) is 24.8 Å². The summed E-state index contributed by atoms with van der Waals surface area (Å²) in [7, 11) is 1.64. The molecule has 1 amide bonds. The van der Waals surface area contributed by atoms with Gasteiger partial charge in [-0.15, -0.1) is 0 Å². The van der Waals surface area contributed by atoms with Crippen LogP contribution in [0.15, 0.2) is 23.1 Å². The van der Waals surface area contributed by atoms with Crippen molar-refractivity contribution in [1.82, 2.24) is 4.57 Å². The third kappa shape index (κ3) is 1.86. The molecule has 1 aromatic rings. The first-order valence-electron chi connectivity index (χ1n) is 5.28. The van der Waals surface area contributed by atoms with E-state index in [9.17, 15) is 9.59 Å². The molecule has 0 saturated heterocycles. The SMILES string of the molecule is Cn1cc(NC(=O)C2(N)CCC2)ccc1=O. The van der Waals surface area contributed by atoms with Crippen LogP contribution in [0.2, 0.25) is 0 Å². The number of nitrogens with zero attached hydrogens (tertiary/aromatic N) is 1. The summed E-state index contributed by atoms with van der Waals surface area (Å²) in [6.07, 6.45) is 4.04. The molecule has 0 atom stereocenters. The monoisotopic (exact) mass is 221 g/mol. The molecule has 0 aromatic carbocycles. The summed E-state index contributed by atoms with van der Waals surface area (Å²) in [6, 6.07) is 3.00. The molecule has 16 heavy (non-hydrogen) atoms. The molecule has 5 nitrogen and oxygen atoms in total. The molecule has 0 bridgehead atoms. The Labute approximate surface area is 93.3 Å². The Bertz CT molecular complexity index is 474. The van der Waals surface area contributed by atoms with Gasteiger partial charge in [0.25, 0.3) is 0 Å². The molecule has 0 spiro atoms. The van der Waals surface area contributed by atoms with E-state index in [1.165, 1.54) is 10.6 Å². The molecule has 0 radical (unpaired) electrons. The zero-order chi connectivity index (χ0) is 11.8. The van der Waals surface area contributed by atoms with Crippen molar-refractivity contribution in [2.75, 3.05) is 5.32 Å². The summed E-state index contributed by atoms with van der Waals surface area (Å²) in [5.41, 5.74) is 5.66. The fourth-order valence-electron chi connectivity index (χ4n) is 1.71. The highest BCUT2D eigenvalue weighted by atomic mass is 16.2. The molecule has 1 saturated carbocycles. The minimum atomic E-state index is -0.714. The van der Waals surface area contributed by atoms with Crippen LogP contribution >= 0.6 is 0 Å². The first-order valence-corrected chi connectivity index (χ1v) is 5.28. The molecule has 1 aromatic heterocycles. The predicted molar refractivity (Wildman–Crippen MR) is 61.1 cm³/mol. The van der Waals surface area contributed by atoms with Gasteiger partial charge in [0.05, 0.1) is 11.2 Å². The zero-order valence-corrected chi connectivity index (χ0v) is 9.19. The van der Waals surface area contributed by atoms with Gasteiger partial charge in [-0.05, 0) is 25.3 Å².